The van der Waals surface area contributed by atoms with Gasteiger partial charge in [0.15, 0.2) is 0 Å². The molecule has 0 heterocycles. The number of aryl methyl sites for hydroxylation is 1. The first-order valence-corrected chi connectivity index (χ1v) is 6.87. The highest BCUT2D eigenvalue weighted by molar-refractivity contribution is 5.38. The number of nitrogens with two attached hydrogens (primary N) is 1. The monoisotopic (exact) mass is 273 g/mol. The maximum absolute atomic E-state index is 13.1. The molecule has 3 heteroatoms. The molecular formula is C17H20FNO. The molecule has 1 unspecified atom stereocenters. The summed E-state index contributed by atoms with van der Waals surface area (Å²) in [4.78, 5) is 0. The molecule has 0 spiro atoms. The van der Waals surface area contributed by atoms with E-state index in [1.807, 2.05) is 31.2 Å². The van der Waals surface area contributed by atoms with Crippen LogP contribution in [0.1, 0.15) is 24.5 Å². The number of benzene rings is 2. The van der Waals surface area contributed by atoms with Gasteiger partial charge in [-0.15, -0.1) is 0 Å². The van der Waals surface area contributed by atoms with E-state index in [4.69, 9.17) is 10.5 Å². The third-order valence-corrected chi connectivity index (χ3v) is 3.29. The van der Waals surface area contributed by atoms with E-state index in [9.17, 15) is 4.39 Å². The highest BCUT2D eigenvalue weighted by Gasteiger charge is 2.05. The topological polar surface area (TPSA) is 35.2 Å². The van der Waals surface area contributed by atoms with Crippen LogP contribution in [0.15, 0.2) is 42.5 Å². The first kappa shape index (κ1) is 14.5. The molecule has 2 nitrogen and oxygen atoms in total. The summed E-state index contributed by atoms with van der Waals surface area (Å²) in [6.45, 7) is 3.90. The minimum atomic E-state index is -0.252. The molecule has 0 saturated carbocycles. The van der Waals surface area contributed by atoms with Gasteiger partial charge in [-0.05, 0) is 61.2 Å². The number of hydrogen-bond donors (Lipinski definition) is 1. The Morgan fingerprint density at radius 2 is 2.00 bits per heavy atom. The Kier molecular flexibility index (Phi) is 4.74. The first-order valence-electron chi connectivity index (χ1n) is 6.87. The Bertz CT molecular complexity index is 583. The Hall–Kier alpha value is -1.87. The second-order valence-electron chi connectivity index (χ2n) is 5.03. The van der Waals surface area contributed by atoms with E-state index in [1.54, 1.807) is 6.07 Å². The van der Waals surface area contributed by atoms with Gasteiger partial charge in [0.2, 0.25) is 0 Å². The maximum Gasteiger partial charge on any atom is 0.130 e. The number of ether oxygens (including phenoxy) is 1. The van der Waals surface area contributed by atoms with Crippen LogP contribution in [0, 0.1) is 12.7 Å². The van der Waals surface area contributed by atoms with Gasteiger partial charge in [-0.1, -0.05) is 19.1 Å². The third-order valence-electron chi connectivity index (χ3n) is 3.29. The Labute approximate surface area is 119 Å². The summed E-state index contributed by atoms with van der Waals surface area (Å²) in [6, 6.07) is 12.5. The van der Waals surface area contributed by atoms with Gasteiger partial charge in [0.1, 0.15) is 17.3 Å². The number of hydrogen-bond acceptors (Lipinski definition) is 2. The molecule has 0 bridgehead atoms. The normalized spacial score (nSPS) is 12.2. The second-order valence-corrected chi connectivity index (χ2v) is 5.03. The molecule has 0 radical (unpaired) electrons. The summed E-state index contributed by atoms with van der Waals surface area (Å²) in [5.41, 5.74) is 7.89. The van der Waals surface area contributed by atoms with Gasteiger partial charge in [0.05, 0.1) is 0 Å². The van der Waals surface area contributed by atoms with Gasteiger partial charge < -0.3 is 10.5 Å². The largest absolute Gasteiger partial charge is 0.457 e. The number of halogens is 1. The van der Waals surface area contributed by atoms with Crippen LogP contribution in [0.25, 0.3) is 0 Å². The number of rotatable bonds is 5. The zero-order chi connectivity index (χ0) is 14.5. The predicted octanol–water partition coefficient (Wildman–Crippen LogP) is 4.21. The van der Waals surface area contributed by atoms with Crippen LogP contribution < -0.4 is 10.5 Å². The van der Waals surface area contributed by atoms with E-state index in [2.05, 4.69) is 6.92 Å². The van der Waals surface area contributed by atoms with Crippen molar-refractivity contribution in [2.45, 2.75) is 32.7 Å². The minimum Gasteiger partial charge on any atom is -0.457 e. The molecule has 0 saturated heterocycles. The van der Waals surface area contributed by atoms with Gasteiger partial charge in [-0.2, -0.15) is 0 Å². The van der Waals surface area contributed by atoms with Crippen molar-refractivity contribution in [1.82, 2.24) is 0 Å². The van der Waals surface area contributed by atoms with Crippen molar-refractivity contribution in [2.75, 3.05) is 0 Å². The van der Waals surface area contributed by atoms with Gasteiger partial charge in [-0.3, -0.25) is 0 Å². The molecule has 2 aromatic rings. The van der Waals surface area contributed by atoms with Crippen LogP contribution >= 0.6 is 0 Å². The fraction of sp³-hybridized carbons (Fsp3) is 0.294. The first-order chi connectivity index (χ1) is 9.58. The van der Waals surface area contributed by atoms with Crippen LogP contribution in [0.5, 0.6) is 11.5 Å². The van der Waals surface area contributed by atoms with Crippen molar-refractivity contribution in [1.29, 1.82) is 0 Å². The van der Waals surface area contributed by atoms with Crippen molar-refractivity contribution in [3.8, 4) is 11.5 Å². The van der Waals surface area contributed by atoms with Crippen LogP contribution in [-0.2, 0) is 6.42 Å². The van der Waals surface area contributed by atoms with Gasteiger partial charge in [0, 0.05) is 6.04 Å². The lowest BCUT2D eigenvalue weighted by Gasteiger charge is -2.12. The van der Waals surface area contributed by atoms with E-state index >= 15 is 0 Å². The Balaban J connectivity index is 2.15. The zero-order valence-corrected chi connectivity index (χ0v) is 11.9. The quantitative estimate of drug-likeness (QED) is 0.885. The molecule has 0 aliphatic rings. The molecule has 0 fully saturated rings. The van der Waals surface area contributed by atoms with Gasteiger partial charge in [0.25, 0.3) is 0 Å². The standard InChI is InChI=1S/C17H20FNO/c1-3-15(19)10-13-5-4-6-16(11-13)20-17-8-7-14(18)9-12(17)2/h4-9,11,15H,3,10,19H2,1-2H3. The minimum absolute atomic E-state index is 0.165. The molecule has 0 aromatic heterocycles. The summed E-state index contributed by atoms with van der Waals surface area (Å²) in [6.07, 6.45) is 1.78. The molecule has 20 heavy (non-hydrogen) atoms. The Morgan fingerprint density at radius 1 is 1.20 bits per heavy atom. The highest BCUT2D eigenvalue weighted by Crippen LogP contribution is 2.26. The van der Waals surface area contributed by atoms with Crippen molar-refractivity contribution in [3.63, 3.8) is 0 Å². The lowest BCUT2D eigenvalue weighted by Crippen LogP contribution is -2.21. The molecule has 2 rings (SSSR count). The maximum atomic E-state index is 13.1. The summed E-state index contributed by atoms with van der Waals surface area (Å²) in [5.74, 6) is 1.17. The van der Waals surface area contributed by atoms with Crippen molar-refractivity contribution in [2.24, 2.45) is 5.73 Å². The van der Waals surface area contributed by atoms with Gasteiger partial charge >= 0.3 is 0 Å². The van der Waals surface area contributed by atoms with Crippen LogP contribution in [-0.4, -0.2) is 6.04 Å². The molecule has 2 aromatic carbocycles. The fourth-order valence-corrected chi connectivity index (χ4v) is 2.04. The lowest BCUT2D eigenvalue weighted by atomic mass is 10.0. The molecule has 0 amide bonds. The van der Waals surface area contributed by atoms with E-state index in [0.717, 1.165) is 29.7 Å². The summed E-state index contributed by atoms with van der Waals surface area (Å²) < 4.78 is 18.9. The summed E-state index contributed by atoms with van der Waals surface area (Å²) in [7, 11) is 0. The molecule has 2 N–H and O–H groups in total. The SMILES string of the molecule is CCC(N)Cc1cccc(Oc2ccc(F)cc2C)c1. The van der Waals surface area contributed by atoms with E-state index < -0.39 is 0 Å². The molecule has 1 atom stereocenters. The Morgan fingerprint density at radius 3 is 2.70 bits per heavy atom. The average Bonchev–Trinajstić information content (AvgIpc) is 2.42. The summed E-state index contributed by atoms with van der Waals surface area (Å²) in [5, 5.41) is 0. The molecule has 0 aliphatic heterocycles. The van der Waals surface area contributed by atoms with Gasteiger partial charge in [-0.25, -0.2) is 4.39 Å². The molecule has 106 valence electrons. The van der Waals surface area contributed by atoms with E-state index in [-0.39, 0.29) is 11.9 Å². The van der Waals surface area contributed by atoms with Crippen molar-refractivity contribution >= 4 is 0 Å². The molecular weight excluding hydrogens is 253 g/mol. The van der Waals surface area contributed by atoms with E-state index in [0.29, 0.717) is 5.75 Å². The molecule has 0 aliphatic carbocycles. The van der Waals surface area contributed by atoms with Crippen molar-refractivity contribution in [3.05, 3.63) is 59.4 Å². The lowest BCUT2D eigenvalue weighted by molar-refractivity contribution is 0.475. The third kappa shape index (κ3) is 3.81. The predicted molar refractivity (Wildman–Crippen MR) is 79.6 cm³/mol. The highest BCUT2D eigenvalue weighted by atomic mass is 19.1. The fourth-order valence-electron chi connectivity index (χ4n) is 2.04. The second kappa shape index (κ2) is 6.53. The zero-order valence-electron chi connectivity index (χ0n) is 11.9. The van der Waals surface area contributed by atoms with Crippen LogP contribution in [0.4, 0.5) is 4.39 Å². The van der Waals surface area contributed by atoms with Crippen molar-refractivity contribution < 1.29 is 9.13 Å². The smallest absolute Gasteiger partial charge is 0.130 e. The summed E-state index contributed by atoms with van der Waals surface area (Å²) >= 11 is 0. The van der Waals surface area contributed by atoms with Crippen LogP contribution in [0.2, 0.25) is 0 Å². The van der Waals surface area contributed by atoms with Crippen LogP contribution in [0.3, 0.4) is 0 Å². The van der Waals surface area contributed by atoms with E-state index in [1.165, 1.54) is 12.1 Å². The average molecular weight is 273 g/mol.